The number of aromatic nitrogens is 3. The maximum atomic E-state index is 13.3. The molecule has 50 heavy (non-hydrogen) atoms. The van der Waals surface area contributed by atoms with E-state index in [1.165, 1.54) is 18.0 Å². The molecule has 1 aromatic carbocycles. The minimum Gasteiger partial charge on any atom is -0.365 e. The number of primary amides is 1. The van der Waals surface area contributed by atoms with Crippen LogP contribution in [0.5, 0.6) is 0 Å². The Balaban J connectivity index is 0.905. The van der Waals surface area contributed by atoms with Crippen LogP contribution >= 0.6 is 23.1 Å². The Morgan fingerprint density at radius 2 is 1.82 bits per heavy atom. The van der Waals surface area contributed by atoms with E-state index in [-0.39, 0.29) is 24.3 Å². The average Bonchev–Trinajstić information content (AvgIpc) is 3.66. The molecule has 2 saturated heterocycles. The number of hydrogen-bond donors (Lipinski definition) is 3. The van der Waals surface area contributed by atoms with Crippen LogP contribution in [0, 0.1) is 6.92 Å². The highest BCUT2D eigenvalue weighted by atomic mass is 32.2. The fourth-order valence-electron chi connectivity index (χ4n) is 6.19. The molecule has 1 unspecified atom stereocenters. The minimum absolute atomic E-state index is 0.0789. The van der Waals surface area contributed by atoms with Crippen LogP contribution in [0.25, 0.3) is 0 Å². The number of rotatable bonds is 13. The van der Waals surface area contributed by atoms with Gasteiger partial charge in [0.05, 0.1) is 17.3 Å². The third-order valence-electron chi connectivity index (χ3n) is 8.74. The Bertz CT molecular complexity index is 1840. The lowest BCUT2D eigenvalue weighted by Crippen LogP contribution is -2.54. The molecular weight excluding hydrogens is 683 g/mol. The minimum atomic E-state index is -0.987. The van der Waals surface area contributed by atoms with Gasteiger partial charge in [0.15, 0.2) is 5.13 Å². The number of nitrogens with one attached hydrogen (secondary N) is 2. The first-order valence-corrected chi connectivity index (χ1v) is 18.3. The van der Waals surface area contributed by atoms with Crippen LogP contribution in [-0.2, 0) is 14.4 Å². The molecule has 0 spiro atoms. The molecule has 6 rings (SSSR count). The summed E-state index contributed by atoms with van der Waals surface area (Å²) in [6.07, 6.45) is 5.59. The summed E-state index contributed by atoms with van der Waals surface area (Å²) in [5.41, 5.74) is 5.93. The van der Waals surface area contributed by atoms with Crippen molar-refractivity contribution in [1.82, 2.24) is 30.1 Å². The lowest BCUT2D eigenvalue weighted by atomic mass is 10.0. The number of imide groups is 2. The van der Waals surface area contributed by atoms with Crippen molar-refractivity contribution >= 4 is 75.3 Å². The highest BCUT2D eigenvalue weighted by molar-refractivity contribution is 7.99. The Morgan fingerprint density at radius 1 is 1.04 bits per heavy atom. The summed E-state index contributed by atoms with van der Waals surface area (Å²) in [6, 6.07) is 5.99. The van der Waals surface area contributed by atoms with Gasteiger partial charge in [0, 0.05) is 50.0 Å². The number of amides is 6. The summed E-state index contributed by atoms with van der Waals surface area (Å²) in [5.74, 6) is 0.204. The molecule has 17 heteroatoms. The van der Waals surface area contributed by atoms with Gasteiger partial charge in [-0.05, 0) is 44.1 Å². The smallest absolute Gasteiger partial charge is 0.263 e. The first-order chi connectivity index (χ1) is 24.1. The van der Waals surface area contributed by atoms with Gasteiger partial charge in [-0.25, -0.2) is 15.0 Å². The first kappa shape index (κ1) is 34.9. The number of carbonyl (C=O) groups is 6. The third kappa shape index (κ3) is 7.78. The Morgan fingerprint density at radius 3 is 2.56 bits per heavy atom. The third-order valence-corrected chi connectivity index (χ3v) is 10.8. The molecule has 4 N–H and O–H groups in total. The summed E-state index contributed by atoms with van der Waals surface area (Å²) in [6.45, 7) is 4.28. The van der Waals surface area contributed by atoms with Crippen LogP contribution in [0.4, 0.5) is 16.8 Å². The number of piperidine rings is 1. The molecule has 5 heterocycles. The van der Waals surface area contributed by atoms with Crippen LogP contribution in [0.15, 0.2) is 35.4 Å². The molecule has 0 aliphatic carbocycles. The predicted octanol–water partition coefficient (Wildman–Crippen LogP) is 2.88. The van der Waals surface area contributed by atoms with E-state index in [1.54, 1.807) is 19.1 Å². The number of nitrogens with two attached hydrogens (primary N) is 1. The zero-order valence-corrected chi connectivity index (χ0v) is 29.1. The number of aryl methyl sites for hydroxylation is 1. The lowest BCUT2D eigenvalue weighted by Gasteiger charge is -2.35. The first-order valence-electron chi connectivity index (χ1n) is 16.5. The van der Waals surface area contributed by atoms with Gasteiger partial charge in [-0.3, -0.25) is 39.0 Å². The molecule has 3 aromatic rings. The number of fused-ring (bicyclic) bond motifs is 1. The van der Waals surface area contributed by atoms with E-state index >= 15 is 0 Å². The van der Waals surface area contributed by atoms with E-state index in [4.69, 9.17) is 5.73 Å². The van der Waals surface area contributed by atoms with Crippen molar-refractivity contribution in [2.45, 2.75) is 62.8 Å². The molecule has 3 aliphatic rings. The maximum Gasteiger partial charge on any atom is 0.263 e. The van der Waals surface area contributed by atoms with Crippen molar-refractivity contribution in [2.24, 2.45) is 5.73 Å². The topological polar surface area (TPSA) is 201 Å². The number of thiazole rings is 1. The number of benzene rings is 1. The van der Waals surface area contributed by atoms with E-state index in [0.29, 0.717) is 64.7 Å². The van der Waals surface area contributed by atoms with Crippen molar-refractivity contribution in [3.05, 3.63) is 52.3 Å². The standard InChI is InChI=1S/C33H37N9O6S2/c1-19-36-24(38-33-35-18-23(50-33)29(34)45)17-25(37-19)40-12-14-41(15-13-40)27(44)9-4-2-3-5-16-49-22-8-6-7-20-28(22)32(48)42(31(20)47)21-10-11-26(43)39-30(21)46/h6-8,17-18,21H,2-5,9-16H2,1H3,(H2,34,45)(H,39,43,46)(H,35,36,37,38). The normalized spacial score (nSPS) is 17.6. The number of nitrogens with zero attached hydrogens (tertiary/aromatic N) is 6. The molecule has 1 atom stereocenters. The van der Waals surface area contributed by atoms with Crippen LogP contribution in [0.1, 0.15) is 81.2 Å². The number of unbranched alkanes of at least 4 members (excludes halogenated alkanes) is 3. The van der Waals surface area contributed by atoms with E-state index < -0.39 is 35.6 Å². The molecular formula is C33H37N9O6S2. The van der Waals surface area contributed by atoms with Gasteiger partial charge >= 0.3 is 0 Å². The molecule has 2 aromatic heterocycles. The number of anilines is 3. The highest BCUT2D eigenvalue weighted by Gasteiger charge is 2.45. The van der Waals surface area contributed by atoms with E-state index in [2.05, 4.69) is 30.5 Å². The molecule has 0 bridgehead atoms. The number of piperazine rings is 1. The molecule has 262 valence electrons. The van der Waals surface area contributed by atoms with Crippen molar-refractivity contribution in [1.29, 1.82) is 0 Å². The number of hydrogen-bond acceptors (Lipinski definition) is 13. The second-order valence-electron chi connectivity index (χ2n) is 12.2. The number of carbonyl (C=O) groups excluding carboxylic acids is 6. The zero-order valence-electron chi connectivity index (χ0n) is 27.5. The number of thioether (sulfide) groups is 1. The summed E-state index contributed by atoms with van der Waals surface area (Å²) in [7, 11) is 0. The van der Waals surface area contributed by atoms with Crippen molar-refractivity contribution < 1.29 is 28.8 Å². The Labute approximate surface area is 296 Å². The summed E-state index contributed by atoms with van der Waals surface area (Å²) in [5, 5.41) is 5.84. The van der Waals surface area contributed by atoms with Gasteiger partial charge in [0.1, 0.15) is 28.4 Å². The van der Waals surface area contributed by atoms with Gasteiger partial charge < -0.3 is 20.9 Å². The second-order valence-corrected chi connectivity index (χ2v) is 14.4. The van der Waals surface area contributed by atoms with Gasteiger partial charge in [-0.15, -0.1) is 11.8 Å². The monoisotopic (exact) mass is 719 g/mol. The van der Waals surface area contributed by atoms with Gasteiger partial charge in [-0.2, -0.15) is 0 Å². The quantitative estimate of drug-likeness (QED) is 0.133. The van der Waals surface area contributed by atoms with Crippen molar-refractivity contribution in [2.75, 3.05) is 42.1 Å². The van der Waals surface area contributed by atoms with E-state index in [0.717, 1.165) is 53.5 Å². The molecule has 2 fully saturated rings. The van der Waals surface area contributed by atoms with Crippen LogP contribution in [0.3, 0.4) is 0 Å². The molecule has 15 nitrogen and oxygen atoms in total. The summed E-state index contributed by atoms with van der Waals surface area (Å²) in [4.78, 5) is 93.8. The van der Waals surface area contributed by atoms with E-state index in [9.17, 15) is 28.8 Å². The van der Waals surface area contributed by atoms with Crippen LogP contribution < -0.4 is 21.3 Å². The van der Waals surface area contributed by atoms with Gasteiger partial charge in [0.25, 0.3) is 17.7 Å². The second kappa shape index (κ2) is 15.3. The maximum absolute atomic E-state index is 13.3. The van der Waals surface area contributed by atoms with E-state index in [1.807, 2.05) is 17.0 Å². The molecule has 0 saturated carbocycles. The lowest BCUT2D eigenvalue weighted by molar-refractivity contribution is -0.136. The van der Waals surface area contributed by atoms with Gasteiger partial charge in [0.2, 0.25) is 17.7 Å². The zero-order chi connectivity index (χ0) is 35.4. The fraction of sp³-hybridized carbons (Fsp3) is 0.424. The Kier molecular flexibility index (Phi) is 10.7. The molecule has 6 amide bonds. The van der Waals surface area contributed by atoms with Crippen molar-refractivity contribution in [3.63, 3.8) is 0 Å². The predicted molar refractivity (Wildman–Crippen MR) is 186 cm³/mol. The highest BCUT2D eigenvalue weighted by Crippen LogP contribution is 2.35. The van der Waals surface area contributed by atoms with Crippen LogP contribution in [0.2, 0.25) is 0 Å². The Hall–Kier alpha value is -4.90. The molecule has 3 aliphatic heterocycles. The van der Waals surface area contributed by atoms with Crippen LogP contribution in [-0.4, -0.2) is 98.2 Å². The molecule has 0 radical (unpaired) electrons. The average molecular weight is 720 g/mol. The fourth-order valence-corrected chi connectivity index (χ4v) is 7.95. The van der Waals surface area contributed by atoms with Crippen molar-refractivity contribution in [3.8, 4) is 0 Å². The summed E-state index contributed by atoms with van der Waals surface area (Å²) >= 11 is 2.65. The largest absolute Gasteiger partial charge is 0.365 e. The SMILES string of the molecule is Cc1nc(Nc2ncc(C(N)=O)s2)cc(N2CCN(C(=O)CCCCCCSc3cccc4c3C(=O)N(C3CCC(=O)NC3=O)C4=O)CC2)n1. The van der Waals surface area contributed by atoms with Gasteiger partial charge in [-0.1, -0.05) is 30.2 Å². The summed E-state index contributed by atoms with van der Waals surface area (Å²) < 4.78 is 0.